The van der Waals surface area contributed by atoms with Crippen LogP contribution in [-0.4, -0.2) is 37.3 Å². The molecule has 0 saturated carbocycles. The van der Waals surface area contributed by atoms with Crippen molar-refractivity contribution in [2.75, 3.05) is 32.2 Å². The number of likely N-dealkylation sites (N-methyl/N-ethyl adjacent to an activating group) is 1. The smallest absolute Gasteiger partial charge is 0.260 e. The summed E-state index contributed by atoms with van der Waals surface area (Å²) in [5.41, 5.74) is 0.529. The molecule has 0 bridgehead atoms. The molecule has 1 N–H and O–H groups in total. The quantitative estimate of drug-likeness (QED) is 0.754. The lowest BCUT2D eigenvalue weighted by atomic mass is 10.2. The fourth-order valence-corrected chi connectivity index (χ4v) is 2.39. The Morgan fingerprint density at radius 1 is 1.08 bits per heavy atom. The van der Waals surface area contributed by atoms with Gasteiger partial charge in [0.2, 0.25) is 5.95 Å². The van der Waals surface area contributed by atoms with Gasteiger partial charge in [-0.15, -0.1) is 0 Å². The SMILES string of the molecule is COc1ccccc1OCCN(C)c1nc2ccccc2c(=O)[nH]1. The minimum Gasteiger partial charge on any atom is -0.493 e. The molecule has 3 rings (SSSR count). The zero-order valence-corrected chi connectivity index (χ0v) is 13.7. The molecule has 0 aliphatic rings. The highest BCUT2D eigenvalue weighted by molar-refractivity contribution is 5.78. The largest absolute Gasteiger partial charge is 0.493 e. The standard InChI is InChI=1S/C18H19N3O3/c1-21(11-12-24-16-10-6-5-9-15(16)23-2)18-19-14-8-4-3-7-13(14)17(22)20-18/h3-10H,11-12H2,1-2H3,(H,19,20,22). The lowest BCUT2D eigenvalue weighted by molar-refractivity contribution is 0.300. The van der Waals surface area contributed by atoms with E-state index in [-0.39, 0.29) is 5.56 Å². The van der Waals surface area contributed by atoms with E-state index >= 15 is 0 Å². The Bertz CT molecular complexity index is 892. The van der Waals surface area contributed by atoms with Crippen LogP contribution in [0.5, 0.6) is 11.5 Å². The predicted molar refractivity (Wildman–Crippen MR) is 94.1 cm³/mol. The summed E-state index contributed by atoms with van der Waals surface area (Å²) in [7, 11) is 3.47. The van der Waals surface area contributed by atoms with Gasteiger partial charge < -0.3 is 14.4 Å². The second-order valence-corrected chi connectivity index (χ2v) is 5.33. The van der Waals surface area contributed by atoms with Gasteiger partial charge in [-0.2, -0.15) is 0 Å². The van der Waals surface area contributed by atoms with Gasteiger partial charge in [-0.3, -0.25) is 9.78 Å². The Balaban J connectivity index is 1.69. The fourth-order valence-electron chi connectivity index (χ4n) is 2.39. The molecule has 2 aromatic carbocycles. The second-order valence-electron chi connectivity index (χ2n) is 5.33. The Morgan fingerprint density at radius 3 is 2.58 bits per heavy atom. The maximum Gasteiger partial charge on any atom is 0.260 e. The van der Waals surface area contributed by atoms with Crippen molar-refractivity contribution in [1.29, 1.82) is 0 Å². The van der Waals surface area contributed by atoms with Crippen molar-refractivity contribution in [2.45, 2.75) is 0 Å². The Morgan fingerprint density at radius 2 is 1.79 bits per heavy atom. The Hall–Kier alpha value is -3.02. The van der Waals surface area contributed by atoms with Crippen molar-refractivity contribution in [3.63, 3.8) is 0 Å². The molecular formula is C18H19N3O3. The molecule has 124 valence electrons. The van der Waals surface area contributed by atoms with Crippen LogP contribution in [0.1, 0.15) is 0 Å². The molecule has 6 nitrogen and oxygen atoms in total. The maximum absolute atomic E-state index is 12.1. The van der Waals surface area contributed by atoms with Crippen LogP contribution >= 0.6 is 0 Å². The number of rotatable bonds is 6. The number of nitrogens with zero attached hydrogens (tertiary/aromatic N) is 2. The molecule has 0 radical (unpaired) electrons. The molecule has 0 amide bonds. The van der Waals surface area contributed by atoms with Crippen molar-refractivity contribution in [3.05, 3.63) is 58.9 Å². The number of ether oxygens (including phenoxy) is 2. The van der Waals surface area contributed by atoms with Crippen LogP contribution in [0.3, 0.4) is 0 Å². The van der Waals surface area contributed by atoms with Crippen molar-refractivity contribution in [2.24, 2.45) is 0 Å². The summed E-state index contributed by atoms with van der Waals surface area (Å²) in [6, 6.07) is 14.8. The van der Waals surface area contributed by atoms with Crippen LogP contribution in [0.4, 0.5) is 5.95 Å². The third-order valence-electron chi connectivity index (χ3n) is 3.72. The summed E-state index contributed by atoms with van der Waals surface area (Å²) < 4.78 is 11.0. The number of anilines is 1. The van der Waals surface area contributed by atoms with Crippen molar-refractivity contribution in [3.8, 4) is 11.5 Å². The number of para-hydroxylation sites is 3. The zero-order valence-electron chi connectivity index (χ0n) is 13.7. The van der Waals surface area contributed by atoms with Crippen molar-refractivity contribution < 1.29 is 9.47 Å². The highest BCUT2D eigenvalue weighted by Gasteiger charge is 2.08. The summed E-state index contributed by atoms with van der Waals surface area (Å²) in [6.45, 7) is 1.01. The number of hydrogen-bond donors (Lipinski definition) is 1. The summed E-state index contributed by atoms with van der Waals surface area (Å²) in [4.78, 5) is 21.2. The van der Waals surface area contributed by atoms with Gasteiger partial charge in [0, 0.05) is 7.05 Å². The Labute approximate surface area is 139 Å². The topological polar surface area (TPSA) is 67.5 Å². The average Bonchev–Trinajstić information content (AvgIpc) is 2.62. The molecule has 0 aliphatic carbocycles. The van der Waals surface area contributed by atoms with E-state index in [0.29, 0.717) is 41.5 Å². The molecule has 1 aromatic heterocycles. The van der Waals surface area contributed by atoms with Crippen LogP contribution in [0.2, 0.25) is 0 Å². The molecule has 0 aliphatic heterocycles. The molecule has 3 aromatic rings. The number of benzene rings is 2. The van der Waals surface area contributed by atoms with Crippen LogP contribution in [0.15, 0.2) is 53.3 Å². The summed E-state index contributed by atoms with van der Waals surface area (Å²) >= 11 is 0. The number of aromatic nitrogens is 2. The average molecular weight is 325 g/mol. The first-order valence-electron chi connectivity index (χ1n) is 7.65. The lowest BCUT2D eigenvalue weighted by Crippen LogP contribution is -2.27. The number of fused-ring (bicyclic) bond motifs is 1. The van der Waals surface area contributed by atoms with E-state index in [1.165, 1.54) is 0 Å². The minimum absolute atomic E-state index is 0.145. The summed E-state index contributed by atoms with van der Waals surface area (Å²) in [6.07, 6.45) is 0. The van der Waals surface area contributed by atoms with Gasteiger partial charge in [-0.25, -0.2) is 4.98 Å². The first-order valence-corrected chi connectivity index (χ1v) is 7.65. The molecule has 0 spiro atoms. The molecule has 0 atom stereocenters. The van der Waals surface area contributed by atoms with Crippen LogP contribution in [0, 0.1) is 0 Å². The van der Waals surface area contributed by atoms with Gasteiger partial charge >= 0.3 is 0 Å². The summed E-state index contributed by atoms with van der Waals surface area (Å²) in [5, 5.41) is 0.583. The van der Waals surface area contributed by atoms with Crippen LogP contribution < -0.4 is 19.9 Å². The highest BCUT2D eigenvalue weighted by atomic mass is 16.5. The molecular weight excluding hydrogens is 306 g/mol. The number of H-pyrrole nitrogens is 1. The van der Waals surface area contributed by atoms with Crippen LogP contribution in [-0.2, 0) is 0 Å². The van der Waals surface area contributed by atoms with Gasteiger partial charge in [0.1, 0.15) is 6.61 Å². The molecule has 24 heavy (non-hydrogen) atoms. The first-order chi connectivity index (χ1) is 11.7. The minimum atomic E-state index is -0.145. The Kier molecular flexibility index (Phi) is 4.65. The number of aromatic amines is 1. The van der Waals surface area contributed by atoms with E-state index in [0.717, 1.165) is 0 Å². The lowest BCUT2D eigenvalue weighted by Gasteiger charge is -2.18. The van der Waals surface area contributed by atoms with E-state index in [1.807, 2.05) is 54.4 Å². The van der Waals surface area contributed by atoms with E-state index in [4.69, 9.17) is 9.47 Å². The van der Waals surface area contributed by atoms with E-state index < -0.39 is 0 Å². The monoisotopic (exact) mass is 325 g/mol. The summed E-state index contributed by atoms with van der Waals surface area (Å²) in [5.74, 6) is 1.90. The molecule has 6 heteroatoms. The highest BCUT2D eigenvalue weighted by Crippen LogP contribution is 2.25. The molecule has 1 heterocycles. The van der Waals surface area contributed by atoms with Gasteiger partial charge in [0.05, 0.1) is 24.6 Å². The third-order valence-corrected chi connectivity index (χ3v) is 3.72. The van der Waals surface area contributed by atoms with Crippen molar-refractivity contribution >= 4 is 16.9 Å². The van der Waals surface area contributed by atoms with Gasteiger partial charge in [0.15, 0.2) is 11.5 Å². The predicted octanol–water partition coefficient (Wildman–Crippen LogP) is 2.45. The first kappa shape index (κ1) is 15.9. The van der Waals surface area contributed by atoms with E-state index in [1.54, 1.807) is 13.2 Å². The maximum atomic E-state index is 12.1. The zero-order chi connectivity index (χ0) is 16.9. The molecule has 0 fully saturated rings. The van der Waals surface area contributed by atoms with Gasteiger partial charge in [-0.1, -0.05) is 24.3 Å². The van der Waals surface area contributed by atoms with Gasteiger partial charge in [-0.05, 0) is 24.3 Å². The number of hydrogen-bond acceptors (Lipinski definition) is 5. The van der Waals surface area contributed by atoms with Crippen molar-refractivity contribution in [1.82, 2.24) is 9.97 Å². The number of methoxy groups -OCH3 is 1. The van der Waals surface area contributed by atoms with E-state index in [2.05, 4.69) is 9.97 Å². The fraction of sp³-hybridized carbons (Fsp3) is 0.222. The molecule has 0 unspecified atom stereocenters. The van der Waals surface area contributed by atoms with Crippen LogP contribution in [0.25, 0.3) is 10.9 Å². The number of nitrogens with one attached hydrogen (secondary N) is 1. The van der Waals surface area contributed by atoms with E-state index in [9.17, 15) is 4.79 Å². The molecule has 0 saturated heterocycles. The normalized spacial score (nSPS) is 10.6. The van der Waals surface area contributed by atoms with Gasteiger partial charge in [0.25, 0.3) is 5.56 Å². The second kappa shape index (κ2) is 7.04. The third kappa shape index (κ3) is 3.32.